The molecule has 100 valence electrons. The fraction of sp³-hybridized carbons (Fsp3) is 0.0769. The van der Waals surface area contributed by atoms with Crippen molar-refractivity contribution in [2.45, 2.75) is 5.75 Å². The van der Waals surface area contributed by atoms with E-state index in [-0.39, 0.29) is 5.75 Å². The van der Waals surface area contributed by atoms with E-state index in [1.165, 1.54) is 24.3 Å². The summed E-state index contributed by atoms with van der Waals surface area (Å²) in [6, 6.07) is 11.9. The number of halogens is 1. The Morgan fingerprint density at radius 1 is 1.05 bits per heavy atom. The van der Waals surface area contributed by atoms with Crippen molar-refractivity contribution in [3.05, 3.63) is 59.9 Å². The second-order valence-corrected chi connectivity index (χ2v) is 5.80. The molecule has 2 rings (SSSR count). The number of sulfonamides is 1. The van der Waals surface area contributed by atoms with E-state index < -0.39 is 15.8 Å². The zero-order chi connectivity index (χ0) is 13.9. The third-order valence-corrected chi connectivity index (χ3v) is 3.74. The molecule has 0 aliphatic heterocycles. The maximum Gasteiger partial charge on any atom is 0.236 e. The SMILES string of the molecule is Nc1ccccc1NS(=O)(=O)Cc1ccc(F)cc1. The molecular formula is C13H13FN2O2S. The molecule has 2 aromatic carbocycles. The van der Waals surface area contributed by atoms with Crippen LogP contribution in [0, 0.1) is 5.82 Å². The number of hydrogen-bond donors (Lipinski definition) is 2. The average Bonchev–Trinajstić information content (AvgIpc) is 2.35. The predicted molar refractivity (Wildman–Crippen MR) is 73.5 cm³/mol. The lowest BCUT2D eigenvalue weighted by Crippen LogP contribution is -2.16. The Bertz CT molecular complexity index is 669. The predicted octanol–water partition coefficient (Wildman–Crippen LogP) is 2.35. The fourth-order valence-electron chi connectivity index (χ4n) is 1.59. The van der Waals surface area contributed by atoms with Gasteiger partial charge in [-0.05, 0) is 29.8 Å². The number of benzene rings is 2. The Morgan fingerprint density at radius 3 is 2.32 bits per heavy atom. The van der Waals surface area contributed by atoms with Crippen molar-refractivity contribution < 1.29 is 12.8 Å². The molecule has 6 heteroatoms. The van der Waals surface area contributed by atoms with Crippen LogP contribution in [0.4, 0.5) is 15.8 Å². The van der Waals surface area contributed by atoms with Crippen LogP contribution in [0.1, 0.15) is 5.56 Å². The summed E-state index contributed by atoms with van der Waals surface area (Å²) in [6.45, 7) is 0. The highest BCUT2D eigenvalue weighted by atomic mass is 32.2. The molecule has 0 aliphatic carbocycles. The molecule has 0 heterocycles. The van der Waals surface area contributed by atoms with Gasteiger partial charge in [0.05, 0.1) is 17.1 Å². The van der Waals surface area contributed by atoms with Gasteiger partial charge in [-0.1, -0.05) is 24.3 Å². The van der Waals surface area contributed by atoms with Gasteiger partial charge in [0.1, 0.15) is 5.82 Å². The van der Waals surface area contributed by atoms with Crippen molar-refractivity contribution in [2.75, 3.05) is 10.5 Å². The van der Waals surface area contributed by atoms with Gasteiger partial charge in [0, 0.05) is 0 Å². The first-order valence-electron chi connectivity index (χ1n) is 5.56. The summed E-state index contributed by atoms with van der Waals surface area (Å²) in [5.41, 5.74) is 6.86. The van der Waals surface area contributed by atoms with Crippen molar-refractivity contribution in [1.29, 1.82) is 0 Å². The zero-order valence-electron chi connectivity index (χ0n) is 10.0. The van der Waals surface area contributed by atoms with Crippen LogP contribution in [-0.2, 0) is 15.8 Å². The number of nitrogens with two attached hydrogens (primary N) is 1. The molecule has 2 aromatic rings. The van der Waals surface area contributed by atoms with Gasteiger partial charge >= 0.3 is 0 Å². The standard InChI is InChI=1S/C13H13FN2O2S/c14-11-7-5-10(6-8-11)9-19(17,18)16-13-4-2-1-3-12(13)15/h1-8,16H,9,15H2. The minimum absolute atomic E-state index is 0.235. The van der Waals surface area contributed by atoms with Crippen molar-refractivity contribution in [1.82, 2.24) is 0 Å². The topological polar surface area (TPSA) is 72.2 Å². The first-order valence-corrected chi connectivity index (χ1v) is 7.21. The smallest absolute Gasteiger partial charge is 0.236 e. The highest BCUT2D eigenvalue weighted by Crippen LogP contribution is 2.19. The molecule has 0 saturated carbocycles. The van der Waals surface area contributed by atoms with Gasteiger partial charge in [-0.25, -0.2) is 12.8 Å². The number of para-hydroxylation sites is 2. The van der Waals surface area contributed by atoms with Gasteiger partial charge in [-0.3, -0.25) is 4.72 Å². The molecule has 0 amide bonds. The Hall–Kier alpha value is -2.08. The van der Waals surface area contributed by atoms with Crippen LogP contribution in [0.3, 0.4) is 0 Å². The quantitative estimate of drug-likeness (QED) is 0.844. The lowest BCUT2D eigenvalue weighted by Gasteiger charge is -2.10. The van der Waals surface area contributed by atoms with E-state index in [0.717, 1.165) is 0 Å². The Labute approximate surface area is 111 Å². The van der Waals surface area contributed by atoms with Gasteiger partial charge in [-0.15, -0.1) is 0 Å². The molecule has 0 saturated heterocycles. The minimum Gasteiger partial charge on any atom is -0.397 e. The van der Waals surface area contributed by atoms with Crippen LogP contribution in [0.25, 0.3) is 0 Å². The molecule has 0 bridgehead atoms. The van der Waals surface area contributed by atoms with E-state index in [9.17, 15) is 12.8 Å². The fourth-order valence-corrected chi connectivity index (χ4v) is 2.82. The number of rotatable bonds is 4. The molecule has 0 aliphatic rings. The number of nitrogen functional groups attached to an aromatic ring is 1. The maximum atomic E-state index is 12.7. The average molecular weight is 280 g/mol. The Kier molecular flexibility index (Phi) is 3.71. The van der Waals surface area contributed by atoms with Crippen LogP contribution >= 0.6 is 0 Å². The Balaban J connectivity index is 2.15. The third kappa shape index (κ3) is 3.69. The Morgan fingerprint density at radius 2 is 1.68 bits per heavy atom. The van der Waals surface area contributed by atoms with E-state index in [0.29, 0.717) is 16.9 Å². The molecule has 4 nitrogen and oxygen atoms in total. The summed E-state index contributed by atoms with van der Waals surface area (Å²) in [4.78, 5) is 0. The van der Waals surface area contributed by atoms with Gasteiger partial charge in [0.2, 0.25) is 10.0 Å². The minimum atomic E-state index is -3.58. The van der Waals surface area contributed by atoms with Crippen LogP contribution in [-0.4, -0.2) is 8.42 Å². The third-order valence-electron chi connectivity index (χ3n) is 2.50. The van der Waals surface area contributed by atoms with Crippen molar-refractivity contribution >= 4 is 21.4 Å². The van der Waals surface area contributed by atoms with Crippen LogP contribution in [0.5, 0.6) is 0 Å². The van der Waals surface area contributed by atoms with Crippen LogP contribution in [0.15, 0.2) is 48.5 Å². The number of hydrogen-bond acceptors (Lipinski definition) is 3. The maximum absolute atomic E-state index is 12.7. The lowest BCUT2D eigenvalue weighted by atomic mass is 10.2. The normalized spacial score (nSPS) is 11.2. The molecular weight excluding hydrogens is 267 g/mol. The molecule has 0 atom stereocenters. The highest BCUT2D eigenvalue weighted by molar-refractivity contribution is 7.91. The second kappa shape index (κ2) is 5.27. The van der Waals surface area contributed by atoms with Crippen LogP contribution in [0.2, 0.25) is 0 Å². The van der Waals surface area contributed by atoms with Crippen molar-refractivity contribution in [3.63, 3.8) is 0 Å². The summed E-state index contributed by atoms with van der Waals surface area (Å²) in [5, 5.41) is 0. The van der Waals surface area contributed by atoms with Crippen molar-refractivity contribution in [2.24, 2.45) is 0 Å². The lowest BCUT2D eigenvalue weighted by molar-refractivity contribution is 0.600. The van der Waals surface area contributed by atoms with E-state index in [1.807, 2.05) is 0 Å². The summed E-state index contributed by atoms with van der Waals surface area (Å²) in [7, 11) is -3.58. The summed E-state index contributed by atoms with van der Waals surface area (Å²) in [5.74, 6) is -0.636. The van der Waals surface area contributed by atoms with Gasteiger partial charge in [-0.2, -0.15) is 0 Å². The number of nitrogens with one attached hydrogen (secondary N) is 1. The molecule has 0 aromatic heterocycles. The molecule has 0 spiro atoms. The summed E-state index contributed by atoms with van der Waals surface area (Å²) >= 11 is 0. The van der Waals surface area contributed by atoms with Crippen LogP contribution < -0.4 is 10.5 Å². The summed E-state index contributed by atoms with van der Waals surface area (Å²) < 4.78 is 39.0. The van der Waals surface area contributed by atoms with Crippen molar-refractivity contribution in [3.8, 4) is 0 Å². The monoisotopic (exact) mass is 280 g/mol. The van der Waals surface area contributed by atoms with Gasteiger partial charge in [0.25, 0.3) is 0 Å². The molecule has 0 radical (unpaired) electrons. The highest BCUT2D eigenvalue weighted by Gasteiger charge is 2.13. The number of anilines is 2. The second-order valence-electron chi connectivity index (χ2n) is 4.07. The zero-order valence-corrected chi connectivity index (χ0v) is 10.8. The largest absolute Gasteiger partial charge is 0.397 e. The van der Waals surface area contributed by atoms with Gasteiger partial charge < -0.3 is 5.73 Å². The van der Waals surface area contributed by atoms with E-state index in [1.54, 1.807) is 24.3 Å². The van der Waals surface area contributed by atoms with E-state index >= 15 is 0 Å². The van der Waals surface area contributed by atoms with E-state index in [4.69, 9.17) is 5.73 Å². The first-order chi connectivity index (χ1) is 8.96. The molecule has 0 fully saturated rings. The first kappa shape index (κ1) is 13.4. The van der Waals surface area contributed by atoms with E-state index in [2.05, 4.69) is 4.72 Å². The molecule has 19 heavy (non-hydrogen) atoms. The molecule has 3 N–H and O–H groups in total. The van der Waals surface area contributed by atoms with Gasteiger partial charge in [0.15, 0.2) is 0 Å². The summed E-state index contributed by atoms with van der Waals surface area (Å²) in [6.07, 6.45) is 0. The molecule has 0 unspecified atom stereocenters.